The summed E-state index contributed by atoms with van der Waals surface area (Å²) in [5.74, 6) is 1.66. The van der Waals surface area contributed by atoms with Gasteiger partial charge in [-0.1, -0.05) is 6.07 Å². The minimum atomic E-state index is -0.0988. The zero-order valence-electron chi connectivity index (χ0n) is 18.4. The minimum Gasteiger partial charge on any atom is -0.493 e. The van der Waals surface area contributed by atoms with Crippen LogP contribution in [0.2, 0.25) is 0 Å². The van der Waals surface area contributed by atoms with Crippen LogP contribution in [0.3, 0.4) is 0 Å². The molecule has 3 rings (SSSR count). The molecule has 1 aliphatic rings. The molecule has 1 N–H and O–H groups in total. The maximum atomic E-state index is 12.5. The standard InChI is InChI=1S/C23H33N3O3S/c1-17-14-21(28-3)22(29-4)15-19(17)16-25-9-11-26(12-10-25)18(2)23(27)24-8-7-20-6-5-13-30-20/h5-6,13-15,18H,7-12,16H2,1-4H3,(H,24,27)/t18-/m0/s1. The summed E-state index contributed by atoms with van der Waals surface area (Å²) >= 11 is 1.74. The largest absolute Gasteiger partial charge is 0.493 e. The number of nitrogens with one attached hydrogen (secondary N) is 1. The molecule has 1 aromatic carbocycles. The van der Waals surface area contributed by atoms with E-state index >= 15 is 0 Å². The first-order valence-corrected chi connectivity index (χ1v) is 11.4. The monoisotopic (exact) mass is 431 g/mol. The summed E-state index contributed by atoms with van der Waals surface area (Å²) < 4.78 is 10.8. The first-order valence-electron chi connectivity index (χ1n) is 10.5. The predicted molar refractivity (Wildman–Crippen MR) is 122 cm³/mol. The smallest absolute Gasteiger partial charge is 0.237 e. The van der Waals surface area contributed by atoms with Crippen LogP contribution in [0.5, 0.6) is 11.5 Å². The third kappa shape index (κ3) is 5.74. The number of aryl methyl sites for hydroxylation is 1. The molecule has 2 heterocycles. The molecule has 1 atom stereocenters. The molecule has 1 saturated heterocycles. The Hall–Kier alpha value is -2.09. The van der Waals surface area contributed by atoms with E-state index in [4.69, 9.17) is 9.47 Å². The molecule has 1 amide bonds. The van der Waals surface area contributed by atoms with Gasteiger partial charge >= 0.3 is 0 Å². The molecule has 0 spiro atoms. The van der Waals surface area contributed by atoms with Crippen molar-refractivity contribution in [2.45, 2.75) is 32.9 Å². The van der Waals surface area contributed by atoms with E-state index in [1.54, 1.807) is 25.6 Å². The lowest BCUT2D eigenvalue weighted by Gasteiger charge is -2.37. The second-order valence-corrected chi connectivity index (χ2v) is 8.77. The van der Waals surface area contributed by atoms with Crippen LogP contribution in [0.25, 0.3) is 0 Å². The van der Waals surface area contributed by atoms with Crippen molar-refractivity contribution in [1.29, 1.82) is 0 Å². The fourth-order valence-corrected chi connectivity index (χ4v) is 4.53. The van der Waals surface area contributed by atoms with Gasteiger partial charge in [-0.15, -0.1) is 11.3 Å². The van der Waals surface area contributed by atoms with Crippen LogP contribution in [-0.4, -0.2) is 68.7 Å². The number of hydrogen-bond donors (Lipinski definition) is 1. The number of amides is 1. The second-order valence-electron chi connectivity index (χ2n) is 7.74. The van der Waals surface area contributed by atoms with Gasteiger partial charge in [0.25, 0.3) is 0 Å². The zero-order chi connectivity index (χ0) is 21.5. The summed E-state index contributed by atoms with van der Waals surface area (Å²) in [7, 11) is 3.33. The Labute approximate surface area is 183 Å². The number of ether oxygens (including phenoxy) is 2. The van der Waals surface area contributed by atoms with E-state index in [1.807, 2.05) is 19.1 Å². The first kappa shape index (κ1) is 22.6. The van der Waals surface area contributed by atoms with Gasteiger partial charge in [0.2, 0.25) is 5.91 Å². The highest BCUT2D eigenvalue weighted by Crippen LogP contribution is 2.31. The van der Waals surface area contributed by atoms with Crippen molar-refractivity contribution < 1.29 is 14.3 Å². The van der Waals surface area contributed by atoms with E-state index in [-0.39, 0.29) is 11.9 Å². The van der Waals surface area contributed by atoms with Crippen molar-refractivity contribution in [3.05, 3.63) is 45.6 Å². The summed E-state index contributed by atoms with van der Waals surface area (Å²) in [6.45, 7) is 9.37. The molecule has 164 valence electrons. The lowest BCUT2D eigenvalue weighted by molar-refractivity contribution is -0.126. The van der Waals surface area contributed by atoms with Crippen LogP contribution in [-0.2, 0) is 17.8 Å². The van der Waals surface area contributed by atoms with Gasteiger partial charge < -0.3 is 14.8 Å². The molecule has 0 unspecified atom stereocenters. The van der Waals surface area contributed by atoms with Gasteiger partial charge in [-0.3, -0.25) is 14.6 Å². The van der Waals surface area contributed by atoms with Crippen molar-refractivity contribution in [2.24, 2.45) is 0 Å². The highest BCUT2D eigenvalue weighted by molar-refractivity contribution is 7.09. The van der Waals surface area contributed by atoms with Crippen LogP contribution in [0.15, 0.2) is 29.6 Å². The maximum absolute atomic E-state index is 12.5. The van der Waals surface area contributed by atoms with E-state index in [1.165, 1.54) is 16.0 Å². The third-order valence-corrected chi connectivity index (χ3v) is 6.76. The number of benzene rings is 1. The van der Waals surface area contributed by atoms with Crippen LogP contribution >= 0.6 is 11.3 Å². The molecule has 1 aromatic heterocycles. The lowest BCUT2D eigenvalue weighted by Crippen LogP contribution is -2.53. The van der Waals surface area contributed by atoms with Crippen LogP contribution in [0.4, 0.5) is 0 Å². The lowest BCUT2D eigenvalue weighted by atomic mass is 10.1. The zero-order valence-corrected chi connectivity index (χ0v) is 19.3. The normalized spacial score (nSPS) is 16.3. The average Bonchev–Trinajstić information content (AvgIpc) is 3.28. The molecule has 1 fully saturated rings. The quantitative estimate of drug-likeness (QED) is 0.662. The van der Waals surface area contributed by atoms with Crippen molar-refractivity contribution in [3.8, 4) is 11.5 Å². The fraction of sp³-hybridized carbons (Fsp3) is 0.522. The van der Waals surface area contributed by atoms with E-state index in [0.29, 0.717) is 6.54 Å². The summed E-state index contributed by atoms with van der Waals surface area (Å²) in [6.07, 6.45) is 0.897. The predicted octanol–water partition coefficient (Wildman–Crippen LogP) is 2.94. The molecule has 0 saturated carbocycles. The summed E-state index contributed by atoms with van der Waals surface area (Å²) in [5.41, 5.74) is 2.45. The van der Waals surface area contributed by atoms with Gasteiger partial charge in [0, 0.05) is 44.1 Å². The highest BCUT2D eigenvalue weighted by atomic mass is 32.1. The maximum Gasteiger partial charge on any atom is 0.237 e. The number of hydrogen-bond acceptors (Lipinski definition) is 6. The SMILES string of the molecule is COc1cc(C)c(CN2CCN([C@@H](C)C(=O)NCCc3cccs3)CC2)cc1OC. The Morgan fingerprint density at radius 3 is 2.50 bits per heavy atom. The Balaban J connectivity index is 1.46. The van der Waals surface area contributed by atoms with Gasteiger partial charge in [0.1, 0.15) is 0 Å². The molecule has 0 bridgehead atoms. The number of carbonyl (C=O) groups is 1. The molecule has 6 nitrogen and oxygen atoms in total. The Bertz CT molecular complexity index is 817. The number of piperazine rings is 1. The topological polar surface area (TPSA) is 54.0 Å². The van der Waals surface area contributed by atoms with Gasteiger partial charge in [-0.05, 0) is 55.0 Å². The van der Waals surface area contributed by atoms with Crippen LogP contribution in [0, 0.1) is 6.92 Å². The van der Waals surface area contributed by atoms with Crippen molar-refractivity contribution in [2.75, 3.05) is 46.9 Å². The Morgan fingerprint density at radius 2 is 1.87 bits per heavy atom. The molecular formula is C23H33N3O3S. The highest BCUT2D eigenvalue weighted by Gasteiger charge is 2.25. The van der Waals surface area contributed by atoms with E-state index in [0.717, 1.165) is 50.6 Å². The molecular weight excluding hydrogens is 398 g/mol. The summed E-state index contributed by atoms with van der Waals surface area (Å²) in [6, 6.07) is 8.17. The van der Waals surface area contributed by atoms with Crippen LogP contribution < -0.4 is 14.8 Å². The minimum absolute atomic E-state index is 0.0988. The van der Waals surface area contributed by atoms with Gasteiger partial charge in [-0.2, -0.15) is 0 Å². The Kier molecular flexibility index (Phi) is 8.13. The molecule has 0 aliphatic carbocycles. The Morgan fingerprint density at radius 1 is 1.17 bits per heavy atom. The number of rotatable bonds is 9. The van der Waals surface area contributed by atoms with Gasteiger partial charge in [0.05, 0.1) is 20.3 Å². The van der Waals surface area contributed by atoms with Gasteiger partial charge in [0.15, 0.2) is 11.5 Å². The molecule has 7 heteroatoms. The summed E-state index contributed by atoms with van der Waals surface area (Å²) in [4.78, 5) is 18.6. The van der Waals surface area contributed by atoms with Crippen molar-refractivity contribution in [1.82, 2.24) is 15.1 Å². The second kappa shape index (κ2) is 10.8. The fourth-order valence-electron chi connectivity index (χ4n) is 3.82. The van der Waals surface area contributed by atoms with E-state index in [2.05, 4.69) is 39.6 Å². The van der Waals surface area contributed by atoms with E-state index in [9.17, 15) is 4.79 Å². The molecule has 1 aliphatic heterocycles. The number of thiophene rings is 1. The number of methoxy groups -OCH3 is 2. The average molecular weight is 432 g/mol. The number of nitrogens with zero attached hydrogens (tertiary/aromatic N) is 2. The van der Waals surface area contributed by atoms with Crippen molar-refractivity contribution >= 4 is 17.2 Å². The van der Waals surface area contributed by atoms with Crippen molar-refractivity contribution in [3.63, 3.8) is 0 Å². The van der Waals surface area contributed by atoms with Crippen LogP contribution in [0.1, 0.15) is 22.9 Å². The molecule has 0 radical (unpaired) electrons. The molecule has 30 heavy (non-hydrogen) atoms. The first-order chi connectivity index (χ1) is 14.5. The summed E-state index contributed by atoms with van der Waals surface area (Å²) in [5, 5.41) is 5.16. The van der Waals surface area contributed by atoms with Gasteiger partial charge in [-0.25, -0.2) is 0 Å². The number of carbonyl (C=O) groups excluding carboxylic acids is 1. The molecule has 2 aromatic rings. The third-order valence-electron chi connectivity index (χ3n) is 5.82. The van der Waals surface area contributed by atoms with E-state index < -0.39 is 0 Å².